The van der Waals surface area contributed by atoms with Crippen LogP contribution >= 0.6 is 0 Å². The van der Waals surface area contributed by atoms with Crippen molar-refractivity contribution in [2.45, 2.75) is 19.8 Å². The molecule has 7 nitrogen and oxygen atoms in total. The van der Waals surface area contributed by atoms with Crippen LogP contribution in [0.15, 0.2) is 18.2 Å². The summed E-state index contributed by atoms with van der Waals surface area (Å²) in [6.45, 7) is 4.28. The number of nitrogens with zero attached hydrogens (tertiary/aromatic N) is 1. The number of amides is 1. The number of carbonyl (C=O) groups excluding carboxylic acids is 3. The van der Waals surface area contributed by atoms with E-state index in [4.69, 9.17) is 0 Å². The highest BCUT2D eigenvalue weighted by Crippen LogP contribution is 2.18. The summed E-state index contributed by atoms with van der Waals surface area (Å²) in [4.78, 5) is 37.9. The van der Waals surface area contributed by atoms with Gasteiger partial charge in [-0.15, -0.1) is 0 Å². The van der Waals surface area contributed by atoms with Crippen molar-refractivity contribution in [2.75, 3.05) is 39.2 Å². The molecule has 1 N–H and O–H groups in total. The van der Waals surface area contributed by atoms with Crippen LogP contribution in [-0.4, -0.2) is 56.6 Å². The molecule has 7 heteroatoms. The molecule has 1 aliphatic rings. The fourth-order valence-electron chi connectivity index (χ4n) is 2.79. The Bertz CT molecular complexity index is 617. The zero-order valence-corrected chi connectivity index (χ0v) is 14.8. The minimum atomic E-state index is -0.591. The Hall–Kier alpha value is -2.41. The van der Waals surface area contributed by atoms with Gasteiger partial charge in [-0.3, -0.25) is 9.69 Å². The van der Waals surface area contributed by atoms with Crippen LogP contribution in [0, 0.1) is 5.92 Å². The normalized spacial score (nSPS) is 15.5. The summed E-state index contributed by atoms with van der Waals surface area (Å²) >= 11 is 0. The summed E-state index contributed by atoms with van der Waals surface area (Å²) in [5, 5.41) is 2.74. The molecule has 25 heavy (non-hydrogen) atoms. The number of benzene rings is 1. The Balaban J connectivity index is 2.10. The number of ether oxygens (including phenoxy) is 2. The molecule has 0 unspecified atom stereocenters. The number of esters is 2. The first-order chi connectivity index (χ1) is 11.9. The maximum Gasteiger partial charge on any atom is 0.337 e. The summed E-state index contributed by atoms with van der Waals surface area (Å²) in [5.41, 5.74) is 0.707. The Morgan fingerprint density at radius 3 is 2.04 bits per heavy atom. The number of likely N-dealkylation sites (tertiary alicyclic amines) is 1. The van der Waals surface area contributed by atoms with E-state index < -0.39 is 11.9 Å². The molecule has 0 bridgehead atoms. The second kappa shape index (κ2) is 8.62. The predicted molar refractivity (Wildman–Crippen MR) is 92.6 cm³/mol. The minimum Gasteiger partial charge on any atom is -0.465 e. The van der Waals surface area contributed by atoms with E-state index >= 15 is 0 Å². The van der Waals surface area contributed by atoms with E-state index in [-0.39, 0.29) is 23.6 Å². The van der Waals surface area contributed by atoms with Gasteiger partial charge in [0.2, 0.25) is 5.91 Å². The lowest BCUT2D eigenvalue weighted by atomic mass is 9.99. The first kappa shape index (κ1) is 18.9. The average Bonchev–Trinajstić information content (AvgIpc) is 2.61. The Labute approximate surface area is 147 Å². The fourth-order valence-corrected chi connectivity index (χ4v) is 2.79. The van der Waals surface area contributed by atoms with E-state index in [1.165, 1.54) is 32.4 Å². The molecule has 1 amide bonds. The summed E-state index contributed by atoms with van der Waals surface area (Å²) in [7, 11) is 2.51. The number of nitrogens with one attached hydrogen (secondary N) is 1. The molecule has 1 aromatic carbocycles. The van der Waals surface area contributed by atoms with Gasteiger partial charge in [-0.2, -0.15) is 0 Å². The standard InChI is InChI=1S/C18H24N2O5/c1-12-4-6-20(7-5-12)11-16(21)19-15-9-13(17(22)24-2)8-14(10-15)18(23)25-3/h8-10,12H,4-7,11H2,1-3H3,(H,19,21). The molecular weight excluding hydrogens is 324 g/mol. The van der Waals surface area contributed by atoms with Crippen LogP contribution in [0.25, 0.3) is 0 Å². The molecule has 0 radical (unpaired) electrons. The quantitative estimate of drug-likeness (QED) is 0.819. The summed E-state index contributed by atoms with van der Waals surface area (Å²) in [5.74, 6) is -0.677. The van der Waals surface area contributed by atoms with Gasteiger partial charge in [0.15, 0.2) is 0 Å². The minimum absolute atomic E-state index is 0.174. The van der Waals surface area contributed by atoms with E-state index in [9.17, 15) is 14.4 Å². The van der Waals surface area contributed by atoms with Crippen molar-refractivity contribution in [3.63, 3.8) is 0 Å². The van der Waals surface area contributed by atoms with E-state index in [0.29, 0.717) is 11.6 Å². The largest absolute Gasteiger partial charge is 0.465 e. The third kappa shape index (κ3) is 5.29. The van der Waals surface area contributed by atoms with Crippen LogP contribution in [-0.2, 0) is 14.3 Å². The van der Waals surface area contributed by atoms with Gasteiger partial charge in [-0.25, -0.2) is 9.59 Å². The maximum atomic E-state index is 12.3. The third-order valence-electron chi connectivity index (χ3n) is 4.30. The predicted octanol–water partition coefficient (Wildman–Crippen LogP) is 1.93. The van der Waals surface area contributed by atoms with Gasteiger partial charge in [0.05, 0.1) is 31.9 Å². The zero-order valence-electron chi connectivity index (χ0n) is 14.8. The fraction of sp³-hybridized carbons (Fsp3) is 0.500. The van der Waals surface area contributed by atoms with Crippen LogP contribution in [0.5, 0.6) is 0 Å². The topological polar surface area (TPSA) is 84.9 Å². The number of carbonyl (C=O) groups is 3. The second-order valence-electron chi connectivity index (χ2n) is 6.29. The Kier molecular flexibility index (Phi) is 6.52. The number of anilines is 1. The van der Waals surface area contributed by atoms with E-state index in [1.54, 1.807) is 0 Å². The number of hydrogen-bond acceptors (Lipinski definition) is 6. The molecule has 1 aromatic rings. The number of methoxy groups -OCH3 is 2. The van der Waals surface area contributed by atoms with E-state index in [1.807, 2.05) is 0 Å². The molecule has 1 aliphatic heterocycles. The van der Waals surface area contributed by atoms with E-state index in [2.05, 4.69) is 26.6 Å². The van der Waals surface area contributed by atoms with Gasteiger partial charge in [0, 0.05) is 5.69 Å². The monoisotopic (exact) mass is 348 g/mol. The SMILES string of the molecule is COC(=O)c1cc(NC(=O)CN2CCC(C)CC2)cc(C(=O)OC)c1. The molecule has 2 rings (SSSR count). The lowest BCUT2D eigenvalue weighted by Gasteiger charge is -2.29. The summed E-state index contributed by atoms with van der Waals surface area (Å²) < 4.78 is 9.37. The van der Waals surface area contributed by atoms with Crippen molar-refractivity contribution in [3.8, 4) is 0 Å². The average molecular weight is 348 g/mol. The van der Waals surface area contributed by atoms with Crippen molar-refractivity contribution < 1.29 is 23.9 Å². The van der Waals surface area contributed by atoms with Gasteiger partial charge in [-0.05, 0) is 50.0 Å². The van der Waals surface area contributed by atoms with Gasteiger partial charge in [0.1, 0.15) is 0 Å². The van der Waals surface area contributed by atoms with E-state index in [0.717, 1.165) is 25.9 Å². The van der Waals surface area contributed by atoms with Gasteiger partial charge >= 0.3 is 11.9 Å². The second-order valence-corrected chi connectivity index (χ2v) is 6.29. The van der Waals surface area contributed by atoms with Crippen LogP contribution in [0.2, 0.25) is 0 Å². The van der Waals surface area contributed by atoms with Crippen LogP contribution in [0.1, 0.15) is 40.5 Å². The first-order valence-corrected chi connectivity index (χ1v) is 8.27. The summed E-state index contributed by atoms with van der Waals surface area (Å²) in [6, 6.07) is 4.34. The summed E-state index contributed by atoms with van der Waals surface area (Å²) in [6.07, 6.45) is 2.16. The van der Waals surface area contributed by atoms with Crippen molar-refractivity contribution in [2.24, 2.45) is 5.92 Å². The molecule has 0 aromatic heterocycles. The van der Waals surface area contributed by atoms with Crippen molar-refractivity contribution in [1.82, 2.24) is 4.90 Å². The lowest BCUT2D eigenvalue weighted by Crippen LogP contribution is -2.38. The molecule has 1 fully saturated rings. The molecule has 0 spiro atoms. The van der Waals surface area contributed by atoms with Crippen molar-refractivity contribution in [3.05, 3.63) is 29.3 Å². The Morgan fingerprint density at radius 1 is 1.04 bits per heavy atom. The first-order valence-electron chi connectivity index (χ1n) is 8.27. The van der Waals surface area contributed by atoms with Crippen LogP contribution in [0.3, 0.4) is 0 Å². The van der Waals surface area contributed by atoms with Crippen molar-refractivity contribution in [1.29, 1.82) is 0 Å². The number of hydrogen-bond donors (Lipinski definition) is 1. The molecule has 136 valence electrons. The zero-order chi connectivity index (χ0) is 18.4. The van der Waals surface area contributed by atoms with Gasteiger partial charge < -0.3 is 14.8 Å². The molecule has 0 saturated carbocycles. The molecule has 0 atom stereocenters. The molecular formula is C18H24N2O5. The van der Waals surface area contributed by atoms with Crippen LogP contribution in [0.4, 0.5) is 5.69 Å². The van der Waals surface area contributed by atoms with Crippen molar-refractivity contribution >= 4 is 23.5 Å². The third-order valence-corrected chi connectivity index (χ3v) is 4.30. The highest BCUT2D eigenvalue weighted by molar-refractivity contribution is 5.99. The number of rotatable bonds is 5. The lowest BCUT2D eigenvalue weighted by molar-refractivity contribution is -0.117. The highest BCUT2D eigenvalue weighted by Gasteiger charge is 2.19. The number of piperidine rings is 1. The Morgan fingerprint density at radius 2 is 1.56 bits per heavy atom. The highest BCUT2D eigenvalue weighted by atomic mass is 16.5. The smallest absolute Gasteiger partial charge is 0.337 e. The molecule has 1 saturated heterocycles. The molecule has 0 aliphatic carbocycles. The van der Waals surface area contributed by atoms with Gasteiger partial charge in [-0.1, -0.05) is 6.92 Å². The molecule has 1 heterocycles. The van der Waals surface area contributed by atoms with Gasteiger partial charge in [0.25, 0.3) is 0 Å². The maximum absolute atomic E-state index is 12.3. The van der Waals surface area contributed by atoms with Crippen LogP contribution < -0.4 is 5.32 Å².